The van der Waals surface area contributed by atoms with E-state index in [0.29, 0.717) is 12.2 Å². The summed E-state index contributed by atoms with van der Waals surface area (Å²) in [6.45, 7) is 5.95. The lowest BCUT2D eigenvalue weighted by Gasteiger charge is -2.28. The van der Waals surface area contributed by atoms with Crippen molar-refractivity contribution in [1.82, 2.24) is 15.0 Å². The maximum absolute atomic E-state index is 13.2. The third kappa shape index (κ3) is 3.16. The quantitative estimate of drug-likeness (QED) is 0.645. The predicted molar refractivity (Wildman–Crippen MR) is 112 cm³/mol. The lowest BCUT2D eigenvalue weighted by molar-refractivity contribution is -0.141. The molecule has 3 heterocycles. The molecule has 1 amide bonds. The van der Waals surface area contributed by atoms with Gasteiger partial charge in [0.2, 0.25) is 12.7 Å². The smallest absolute Gasteiger partial charge is 0.248 e. The van der Waals surface area contributed by atoms with Crippen LogP contribution in [0.5, 0.6) is 11.5 Å². The summed E-state index contributed by atoms with van der Waals surface area (Å²) in [5.41, 5.74) is 3.83. The standard InChI is InChI=1S/C23H22N4O3/c1-23(2,3)22(28)27-19(15-4-6-16-18(10-15)25-9-8-24-16)12-17(26-27)14-5-7-20-21(11-14)30-13-29-20/h4-11,19H,12-13H2,1-3H3/t19-/m1/s1. The van der Waals surface area contributed by atoms with Crippen LogP contribution in [-0.2, 0) is 4.79 Å². The Kier molecular flexibility index (Phi) is 4.20. The number of amides is 1. The summed E-state index contributed by atoms with van der Waals surface area (Å²) < 4.78 is 10.9. The van der Waals surface area contributed by atoms with Gasteiger partial charge in [0.1, 0.15) is 0 Å². The van der Waals surface area contributed by atoms with E-state index >= 15 is 0 Å². The van der Waals surface area contributed by atoms with Crippen LogP contribution in [0.1, 0.15) is 44.4 Å². The molecule has 1 aromatic heterocycles. The Labute approximate surface area is 174 Å². The van der Waals surface area contributed by atoms with Crippen molar-refractivity contribution in [2.45, 2.75) is 33.2 Å². The van der Waals surface area contributed by atoms with E-state index in [0.717, 1.165) is 33.6 Å². The van der Waals surface area contributed by atoms with E-state index < -0.39 is 5.41 Å². The van der Waals surface area contributed by atoms with Gasteiger partial charge in [0.25, 0.3) is 0 Å². The molecule has 3 aromatic rings. The van der Waals surface area contributed by atoms with Crippen LogP contribution < -0.4 is 9.47 Å². The van der Waals surface area contributed by atoms with Crippen molar-refractivity contribution >= 4 is 22.7 Å². The highest BCUT2D eigenvalue weighted by Gasteiger charge is 2.38. The number of aromatic nitrogens is 2. The van der Waals surface area contributed by atoms with Crippen LogP contribution in [0.4, 0.5) is 0 Å². The fourth-order valence-electron chi connectivity index (χ4n) is 3.74. The minimum Gasteiger partial charge on any atom is -0.454 e. The average Bonchev–Trinajstić information content (AvgIpc) is 3.38. The molecule has 7 heteroatoms. The molecule has 0 saturated carbocycles. The minimum absolute atomic E-state index is 0.0255. The molecule has 2 aromatic carbocycles. The van der Waals surface area contributed by atoms with Crippen molar-refractivity contribution in [3.8, 4) is 11.5 Å². The number of ether oxygens (including phenoxy) is 2. The summed E-state index contributed by atoms with van der Waals surface area (Å²) in [5, 5.41) is 6.38. The lowest BCUT2D eigenvalue weighted by atomic mass is 9.92. The molecule has 0 bridgehead atoms. The summed E-state index contributed by atoms with van der Waals surface area (Å²) in [7, 11) is 0. The number of hydrazone groups is 1. The van der Waals surface area contributed by atoms with Crippen molar-refractivity contribution in [2.75, 3.05) is 6.79 Å². The second-order valence-electron chi connectivity index (χ2n) is 8.54. The second kappa shape index (κ2) is 6.79. The number of fused-ring (bicyclic) bond motifs is 2. The minimum atomic E-state index is -0.553. The number of carbonyl (C=O) groups excluding carboxylic acids is 1. The zero-order valence-electron chi connectivity index (χ0n) is 17.1. The van der Waals surface area contributed by atoms with E-state index in [1.54, 1.807) is 17.4 Å². The van der Waals surface area contributed by atoms with Crippen LogP contribution in [0, 0.1) is 5.41 Å². The van der Waals surface area contributed by atoms with Gasteiger partial charge < -0.3 is 9.47 Å². The van der Waals surface area contributed by atoms with E-state index in [4.69, 9.17) is 14.6 Å². The predicted octanol–water partition coefficient (Wildman–Crippen LogP) is 4.08. The van der Waals surface area contributed by atoms with E-state index in [1.165, 1.54) is 0 Å². The summed E-state index contributed by atoms with van der Waals surface area (Å²) in [6.07, 6.45) is 3.95. The summed E-state index contributed by atoms with van der Waals surface area (Å²) in [5.74, 6) is 1.40. The van der Waals surface area contributed by atoms with Gasteiger partial charge in [-0.05, 0) is 35.9 Å². The molecule has 2 aliphatic heterocycles. The first kappa shape index (κ1) is 18.5. The molecule has 30 heavy (non-hydrogen) atoms. The van der Waals surface area contributed by atoms with E-state index in [-0.39, 0.29) is 18.7 Å². The maximum Gasteiger partial charge on any atom is 0.248 e. The molecular formula is C23H22N4O3. The zero-order chi connectivity index (χ0) is 20.9. The Balaban J connectivity index is 1.55. The number of rotatable bonds is 2. The van der Waals surface area contributed by atoms with Gasteiger partial charge in [-0.1, -0.05) is 26.8 Å². The van der Waals surface area contributed by atoms with Crippen molar-refractivity contribution < 1.29 is 14.3 Å². The van der Waals surface area contributed by atoms with E-state index in [9.17, 15) is 4.79 Å². The number of benzene rings is 2. The highest BCUT2D eigenvalue weighted by molar-refractivity contribution is 6.04. The van der Waals surface area contributed by atoms with Crippen LogP contribution in [0.3, 0.4) is 0 Å². The highest BCUT2D eigenvalue weighted by Crippen LogP contribution is 2.39. The van der Waals surface area contributed by atoms with Crippen molar-refractivity contribution in [2.24, 2.45) is 10.5 Å². The van der Waals surface area contributed by atoms with Crippen LogP contribution in [0.25, 0.3) is 11.0 Å². The molecule has 0 radical (unpaired) electrons. The van der Waals surface area contributed by atoms with Gasteiger partial charge in [-0.2, -0.15) is 5.10 Å². The Hall–Kier alpha value is -3.48. The molecule has 152 valence electrons. The molecule has 2 aliphatic rings. The maximum atomic E-state index is 13.2. The zero-order valence-corrected chi connectivity index (χ0v) is 17.1. The van der Waals surface area contributed by atoms with Crippen molar-refractivity contribution in [3.63, 3.8) is 0 Å². The van der Waals surface area contributed by atoms with Gasteiger partial charge in [0.05, 0.1) is 22.8 Å². The Morgan fingerprint density at radius 3 is 2.57 bits per heavy atom. The SMILES string of the molecule is CC(C)(C)C(=O)N1N=C(c2ccc3c(c2)OCO3)C[C@@H]1c1ccc2nccnc2c1. The number of nitrogens with zero attached hydrogens (tertiary/aromatic N) is 4. The second-order valence-corrected chi connectivity index (χ2v) is 8.54. The third-order valence-electron chi connectivity index (χ3n) is 5.34. The third-order valence-corrected chi connectivity index (χ3v) is 5.34. The van der Waals surface area contributed by atoms with Crippen LogP contribution >= 0.6 is 0 Å². The van der Waals surface area contributed by atoms with Crippen LogP contribution in [0.2, 0.25) is 0 Å². The van der Waals surface area contributed by atoms with E-state index in [1.807, 2.05) is 57.2 Å². The fraction of sp³-hybridized carbons (Fsp3) is 0.304. The molecule has 7 nitrogen and oxygen atoms in total. The van der Waals surface area contributed by atoms with Gasteiger partial charge in [-0.3, -0.25) is 14.8 Å². The Bertz CT molecular complexity index is 1180. The fourth-order valence-corrected chi connectivity index (χ4v) is 3.74. The van der Waals surface area contributed by atoms with Gasteiger partial charge >= 0.3 is 0 Å². The van der Waals surface area contributed by atoms with Crippen LogP contribution in [-0.4, -0.2) is 33.4 Å². The van der Waals surface area contributed by atoms with Gasteiger partial charge in [-0.15, -0.1) is 0 Å². The molecule has 0 spiro atoms. The molecule has 0 aliphatic carbocycles. The lowest BCUT2D eigenvalue weighted by Crippen LogP contribution is -2.36. The van der Waals surface area contributed by atoms with Gasteiger partial charge in [0, 0.05) is 29.8 Å². The molecule has 0 saturated heterocycles. The Morgan fingerprint density at radius 2 is 1.77 bits per heavy atom. The number of hydrogen-bond acceptors (Lipinski definition) is 6. The average molecular weight is 402 g/mol. The first-order valence-electron chi connectivity index (χ1n) is 9.92. The number of carbonyl (C=O) groups is 1. The molecule has 1 atom stereocenters. The van der Waals surface area contributed by atoms with Gasteiger partial charge in [-0.25, -0.2) is 5.01 Å². The summed E-state index contributed by atoms with van der Waals surface area (Å²) in [6, 6.07) is 11.5. The molecular weight excluding hydrogens is 380 g/mol. The first-order valence-corrected chi connectivity index (χ1v) is 9.92. The van der Waals surface area contributed by atoms with Crippen LogP contribution in [0.15, 0.2) is 53.9 Å². The largest absolute Gasteiger partial charge is 0.454 e. The van der Waals surface area contributed by atoms with E-state index in [2.05, 4.69) is 9.97 Å². The summed E-state index contributed by atoms with van der Waals surface area (Å²) >= 11 is 0. The molecule has 0 fully saturated rings. The van der Waals surface area contributed by atoms with Gasteiger partial charge in [0.15, 0.2) is 11.5 Å². The first-order chi connectivity index (χ1) is 14.4. The molecule has 0 N–H and O–H groups in total. The normalized spacial score (nSPS) is 18.0. The van der Waals surface area contributed by atoms with Crippen molar-refractivity contribution in [1.29, 1.82) is 0 Å². The molecule has 5 rings (SSSR count). The molecule has 0 unspecified atom stereocenters. The number of hydrogen-bond donors (Lipinski definition) is 0. The summed E-state index contributed by atoms with van der Waals surface area (Å²) in [4.78, 5) is 22.0. The topological polar surface area (TPSA) is 76.9 Å². The van der Waals surface area contributed by atoms with Crippen molar-refractivity contribution in [3.05, 3.63) is 59.9 Å². The highest BCUT2D eigenvalue weighted by atomic mass is 16.7. The Morgan fingerprint density at radius 1 is 1.00 bits per heavy atom. The monoisotopic (exact) mass is 402 g/mol.